The lowest BCUT2D eigenvalue weighted by molar-refractivity contribution is -0.121. The van der Waals surface area contributed by atoms with Gasteiger partial charge in [0.15, 0.2) is 0 Å². The highest BCUT2D eigenvalue weighted by Gasteiger charge is 2.28. The lowest BCUT2D eigenvalue weighted by Gasteiger charge is -2.29. The summed E-state index contributed by atoms with van der Waals surface area (Å²) in [6, 6.07) is 6.36. The van der Waals surface area contributed by atoms with Gasteiger partial charge in [-0.1, -0.05) is 24.1 Å². The standard InChI is InChI=1S/C19H31N3O3S/c1-16-8-10-18(11-9-16)22(26(3,24)25)17(2)19(23)20-12-7-15-21-13-5-4-6-14-21/h8-11,17H,4-7,12-15H2,1-3H3,(H,20,23)/t17-/m0/s1. The van der Waals surface area contributed by atoms with Crippen LogP contribution >= 0.6 is 0 Å². The minimum atomic E-state index is -3.56. The van der Waals surface area contributed by atoms with Gasteiger partial charge in [0, 0.05) is 6.54 Å². The molecule has 1 heterocycles. The van der Waals surface area contributed by atoms with Crippen LogP contribution in [0, 0.1) is 6.92 Å². The fraction of sp³-hybridized carbons (Fsp3) is 0.632. The molecule has 26 heavy (non-hydrogen) atoms. The number of nitrogens with zero attached hydrogens (tertiary/aromatic N) is 2. The molecule has 1 amide bonds. The van der Waals surface area contributed by atoms with Crippen molar-refractivity contribution in [3.05, 3.63) is 29.8 Å². The average Bonchev–Trinajstić information content (AvgIpc) is 2.60. The smallest absolute Gasteiger partial charge is 0.243 e. The SMILES string of the molecule is Cc1ccc(N([C@@H](C)C(=O)NCCCN2CCCCC2)S(C)(=O)=O)cc1. The quantitative estimate of drug-likeness (QED) is 0.701. The number of sulfonamides is 1. The van der Waals surface area contributed by atoms with E-state index in [0.717, 1.165) is 37.9 Å². The molecule has 0 radical (unpaired) electrons. The summed E-state index contributed by atoms with van der Waals surface area (Å²) in [6.45, 7) is 7.38. The first kappa shape index (κ1) is 20.7. The number of hydrogen-bond donors (Lipinski definition) is 1. The predicted molar refractivity (Wildman–Crippen MR) is 106 cm³/mol. The largest absolute Gasteiger partial charge is 0.354 e. The van der Waals surface area contributed by atoms with Gasteiger partial charge in [-0.3, -0.25) is 9.10 Å². The van der Waals surface area contributed by atoms with Crippen LogP contribution in [0.15, 0.2) is 24.3 Å². The molecular formula is C19H31N3O3S. The maximum atomic E-state index is 12.5. The Morgan fingerprint density at radius 2 is 1.81 bits per heavy atom. The summed E-state index contributed by atoms with van der Waals surface area (Å²) in [5, 5.41) is 2.88. The molecule has 2 rings (SSSR count). The maximum absolute atomic E-state index is 12.5. The van der Waals surface area contributed by atoms with Crippen LogP contribution in [-0.4, -0.2) is 57.7 Å². The van der Waals surface area contributed by atoms with Crippen LogP contribution in [0.3, 0.4) is 0 Å². The average molecular weight is 382 g/mol. The van der Waals surface area contributed by atoms with Crippen molar-refractivity contribution in [1.29, 1.82) is 0 Å². The number of nitrogens with one attached hydrogen (secondary N) is 1. The molecule has 1 N–H and O–H groups in total. The van der Waals surface area contributed by atoms with Gasteiger partial charge in [0.1, 0.15) is 6.04 Å². The summed E-state index contributed by atoms with van der Waals surface area (Å²) < 4.78 is 25.7. The molecule has 1 aromatic carbocycles. The van der Waals surface area contributed by atoms with E-state index in [9.17, 15) is 13.2 Å². The molecule has 1 atom stereocenters. The van der Waals surface area contributed by atoms with E-state index in [0.29, 0.717) is 12.2 Å². The Hall–Kier alpha value is -1.60. The summed E-state index contributed by atoms with van der Waals surface area (Å²) in [5.41, 5.74) is 1.55. The molecule has 7 heteroatoms. The zero-order valence-electron chi connectivity index (χ0n) is 16.1. The molecule has 0 unspecified atom stereocenters. The number of amides is 1. The molecule has 0 aliphatic carbocycles. The van der Waals surface area contributed by atoms with Crippen molar-refractivity contribution in [1.82, 2.24) is 10.2 Å². The van der Waals surface area contributed by atoms with Gasteiger partial charge in [-0.05, 0) is 64.9 Å². The van der Waals surface area contributed by atoms with Gasteiger partial charge in [-0.25, -0.2) is 8.42 Å². The van der Waals surface area contributed by atoms with E-state index in [1.807, 2.05) is 19.1 Å². The topological polar surface area (TPSA) is 69.7 Å². The summed E-state index contributed by atoms with van der Waals surface area (Å²) >= 11 is 0. The molecule has 0 bridgehead atoms. The number of rotatable bonds is 8. The van der Waals surface area contributed by atoms with E-state index >= 15 is 0 Å². The molecule has 1 saturated heterocycles. The van der Waals surface area contributed by atoms with Gasteiger partial charge in [-0.15, -0.1) is 0 Å². The molecule has 6 nitrogen and oxygen atoms in total. The summed E-state index contributed by atoms with van der Waals surface area (Å²) in [4.78, 5) is 14.9. The van der Waals surface area contributed by atoms with Gasteiger partial charge in [-0.2, -0.15) is 0 Å². The van der Waals surface area contributed by atoms with Gasteiger partial charge < -0.3 is 10.2 Å². The van der Waals surface area contributed by atoms with Crippen LogP contribution in [0.25, 0.3) is 0 Å². The number of piperidine rings is 1. The van der Waals surface area contributed by atoms with Crippen molar-refractivity contribution in [2.24, 2.45) is 0 Å². The second-order valence-corrected chi connectivity index (χ2v) is 8.98. The Kier molecular flexibility index (Phi) is 7.46. The second-order valence-electron chi connectivity index (χ2n) is 7.12. The minimum absolute atomic E-state index is 0.269. The lowest BCUT2D eigenvalue weighted by atomic mass is 10.1. The third-order valence-electron chi connectivity index (χ3n) is 4.78. The van der Waals surface area contributed by atoms with Crippen molar-refractivity contribution in [3.63, 3.8) is 0 Å². The Bertz CT molecular complexity index is 682. The Labute approximate surface area is 157 Å². The third-order valence-corrected chi connectivity index (χ3v) is 6.02. The normalized spacial score (nSPS) is 16.9. The summed E-state index contributed by atoms with van der Waals surface area (Å²) in [7, 11) is -3.56. The highest BCUT2D eigenvalue weighted by Crippen LogP contribution is 2.21. The lowest BCUT2D eigenvalue weighted by Crippen LogP contribution is -2.48. The number of aryl methyl sites for hydroxylation is 1. The van der Waals surface area contributed by atoms with Crippen LogP contribution in [0.4, 0.5) is 5.69 Å². The van der Waals surface area contributed by atoms with E-state index in [-0.39, 0.29) is 5.91 Å². The number of likely N-dealkylation sites (tertiary alicyclic amines) is 1. The molecule has 1 aromatic rings. The molecular weight excluding hydrogens is 350 g/mol. The zero-order chi connectivity index (χ0) is 19.2. The van der Waals surface area contributed by atoms with E-state index < -0.39 is 16.1 Å². The van der Waals surface area contributed by atoms with Crippen molar-refractivity contribution >= 4 is 21.6 Å². The summed E-state index contributed by atoms with van der Waals surface area (Å²) in [5.74, 6) is -0.269. The van der Waals surface area contributed by atoms with Crippen LogP contribution in [0.2, 0.25) is 0 Å². The van der Waals surface area contributed by atoms with E-state index in [1.165, 1.54) is 23.6 Å². The fourth-order valence-corrected chi connectivity index (χ4v) is 4.52. The molecule has 0 spiro atoms. The first-order valence-corrected chi connectivity index (χ1v) is 11.2. The second kappa shape index (κ2) is 9.37. The highest BCUT2D eigenvalue weighted by molar-refractivity contribution is 7.92. The molecule has 146 valence electrons. The van der Waals surface area contributed by atoms with Gasteiger partial charge in [0.2, 0.25) is 15.9 Å². The number of hydrogen-bond acceptors (Lipinski definition) is 4. The van der Waals surface area contributed by atoms with Crippen LogP contribution in [0.1, 0.15) is 38.2 Å². The maximum Gasteiger partial charge on any atom is 0.243 e. The Morgan fingerprint density at radius 1 is 1.19 bits per heavy atom. The van der Waals surface area contributed by atoms with Crippen LogP contribution < -0.4 is 9.62 Å². The first-order valence-electron chi connectivity index (χ1n) is 9.35. The zero-order valence-corrected chi connectivity index (χ0v) is 16.9. The predicted octanol–water partition coefficient (Wildman–Crippen LogP) is 2.14. The van der Waals surface area contributed by atoms with Crippen molar-refractivity contribution < 1.29 is 13.2 Å². The van der Waals surface area contributed by atoms with Gasteiger partial charge in [0.25, 0.3) is 0 Å². The molecule has 1 aliphatic heterocycles. The van der Waals surface area contributed by atoms with Crippen LogP contribution in [0.5, 0.6) is 0 Å². The van der Waals surface area contributed by atoms with E-state index in [1.54, 1.807) is 19.1 Å². The molecule has 1 aliphatic rings. The molecule has 1 fully saturated rings. The van der Waals surface area contributed by atoms with Crippen molar-refractivity contribution in [2.75, 3.05) is 36.7 Å². The molecule has 0 aromatic heterocycles. The van der Waals surface area contributed by atoms with Crippen LogP contribution in [-0.2, 0) is 14.8 Å². The number of carbonyl (C=O) groups is 1. The molecule has 0 saturated carbocycles. The monoisotopic (exact) mass is 381 g/mol. The number of anilines is 1. The Morgan fingerprint density at radius 3 is 2.38 bits per heavy atom. The highest BCUT2D eigenvalue weighted by atomic mass is 32.2. The van der Waals surface area contributed by atoms with Gasteiger partial charge in [0.05, 0.1) is 11.9 Å². The first-order chi connectivity index (χ1) is 12.3. The van der Waals surface area contributed by atoms with E-state index in [2.05, 4.69) is 10.2 Å². The fourth-order valence-electron chi connectivity index (χ4n) is 3.35. The van der Waals surface area contributed by atoms with E-state index in [4.69, 9.17) is 0 Å². The Balaban J connectivity index is 1.91. The van der Waals surface area contributed by atoms with Crippen molar-refractivity contribution in [3.8, 4) is 0 Å². The number of carbonyl (C=O) groups excluding carboxylic acids is 1. The number of benzene rings is 1. The van der Waals surface area contributed by atoms with Gasteiger partial charge >= 0.3 is 0 Å². The van der Waals surface area contributed by atoms with Crippen molar-refractivity contribution in [2.45, 2.75) is 45.6 Å². The minimum Gasteiger partial charge on any atom is -0.354 e. The summed E-state index contributed by atoms with van der Waals surface area (Å²) in [6.07, 6.45) is 5.83. The third kappa shape index (κ3) is 5.99.